The van der Waals surface area contributed by atoms with Crippen LogP contribution in [0.3, 0.4) is 0 Å². The van der Waals surface area contributed by atoms with Gasteiger partial charge in [-0.1, -0.05) is 12.1 Å². The lowest BCUT2D eigenvalue weighted by atomic mass is 10.0. The molecule has 0 spiro atoms. The molecule has 0 saturated heterocycles. The van der Waals surface area contributed by atoms with Crippen LogP contribution in [0.15, 0.2) is 18.2 Å². The lowest BCUT2D eigenvalue weighted by Gasteiger charge is -2.02. The first-order valence-electron chi connectivity index (χ1n) is 3.91. The highest BCUT2D eigenvalue weighted by Gasteiger charge is 2.08. The van der Waals surface area contributed by atoms with Crippen LogP contribution in [-0.2, 0) is 16.6 Å². The van der Waals surface area contributed by atoms with Gasteiger partial charge in [0.1, 0.15) is 12.1 Å². The van der Waals surface area contributed by atoms with E-state index in [9.17, 15) is 4.21 Å². The van der Waals surface area contributed by atoms with E-state index >= 15 is 0 Å². The molecule has 0 heterocycles. The van der Waals surface area contributed by atoms with Crippen LogP contribution in [-0.4, -0.2) is 10.5 Å². The van der Waals surface area contributed by atoms with Crippen molar-refractivity contribution in [1.82, 2.24) is 0 Å². The third kappa shape index (κ3) is 2.18. The van der Waals surface area contributed by atoms with Gasteiger partial charge in [0.05, 0.1) is 11.1 Å². The minimum absolute atomic E-state index is 0.318. The lowest BCUT2D eigenvalue weighted by molar-refractivity contribution is 0.686. The first-order chi connectivity index (χ1) is 6.69. The normalized spacial score (nSPS) is 11.4. The van der Waals surface area contributed by atoms with E-state index < -0.39 is 10.8 Å². The van der Waals surface area contributed by atoms with Crippen molar-refractivity contribution in [2.45, 2.75) is 5.75 Å². The monoisotopic (exact) mass is 204 g/mol. The molecule has 1 unspecified atom stereocenters. The highest BCUT2D eigenvalue weighted by atomic mass is 32.2. The fraction of sp³-hybridized carbons (Fsp3) is 0.200. The zero-order valence-electron chi connectivity index (χ0n) is 7.65. The largest absolute Gasteiger partial charge is 0.260 e. The Labute approximate surface area is 85.1 Å². The van der Waals surface area contributed by atoms with E-state index in [0.29, 0.717) is 22.4 Å². The molecule has 0 aromatic heterocycles. The topological polar surface area (TPSA) is 64.7 Å². The molecule has 0 aliphatic rings. The van der Waals surface area contributed by atoms with E-state index in [4.69, 9.17) is 10.5 Å². The van der Waals surface area contributed by atoms with Gasteiger partial charge in [0, 0.05) is 22.8 Å². The maximum Gasteiger partial charge on any atom is 0.101 e. The Hall–Kier alpha value is -1.65. The van der Waals surface area contributed by atoms with Crippen molar-refractivity contribution in [3.8, 4) is 12.1 Å². The molecule has 0 bridgehead atoms. The van der Waals surface area contributed by atoms with E-state index in [1.165, 1.54) is 0 Å². The smallest absolute Gasteiger partial charge is 0.101 e. The number of nitrogens with zero attached hydrogens (tertiary/aromatic N) is 2. The molecule has 3 nitrogen and oxygen atoms in total. The molecule has 0 fully saturated rings. The van der Waals surface area contributed by atoms with E-state index in [1.807, 2.05) is 12.1 Å². The van der Waals surface area contributed by atoms with Crippen LogP contribution in [0.25, 0.3) is 0 Å². The van der Waals surface area contributed by atoms with Gasteiger partial charge in [0.15, 0.2) is 0 Å². The standard InChI is InChI=1S/C10H8N2OS/c1-14(13)7-9-4-2-3-8(5-11)10(9)6-12/h2-4H,7H2,1H3. The zero-order valence-corrected chi connectivity index (χ0v) is 8.47. The van der Waals surface area contributed by atoms with Crippen LogP contribution in [0.4, 0.5) is 0 Å². The molecule has 1 aromatic carbocycles. The van der Waals surface area contributed by atoms with Crippen LogP contribution in [0, 0.1) is 22.7 Å². The number of benzene rings is 1. The molecule has 1 aromatic rings. The first kappa shape index (κ1) is 10.4. The second kappa shape index (κ2) is 4.55. The Balaban J connectivity index is 3.25. The van der Waals surface area contributed by atoms with Crippen LogP contribution in [0.5, 0.6) is 0 Å². The van der Waals surface area contributed by atoms with Gasteiger partial charge in [-0.15, -0.1) is 0 Å². The van der Waals surface area contributed by atoms with Crippen LogP contribution >= 0.6 is 0 Å². The number of nitriles is 2. The molecule has 0 aliphatic carbocycles. The van der Waals surface area contributed by atoms with Gasteiger partial charge < -0.3 is 0 Å². The van der Waals surface area contributed by atoms with Gasteiger partial charge in [-0.25, -0.2) is 0 Å². The van der Waals surface area contributed by atoms with Gasteiger partial charge in [-0.3, -0.25) is 4.21 Å². The Kier molecular flexibility index (Phi) is 3.39. The Morgan fingerprint density at radius 1 is 1.36 bits per heavy atom. The van der Waals surface area contributed by atoms with Crippen molar-refractivity contribution in [2.24, 2.45) is 0 Å². The molecule has 0 aliphatic heterocycles. The van der Waals surface area contributed by atoms with Gasteiger partial charge in [-0.05, 0) is 11.6 Å². The van der Waals surface area contributed by atoms with Crippen LogP contribution in [0.2, 0.25) is 0 Å². The maximum atomic E-state index is 11.0. The molecule has 1 atom stereocenters. The number of rotatable bonds is 2. The highest BCUT2D eigenvalue weighted by molar-refractivity contribution is 7.83. The fourth-order valence-electron chi connectivity index (χ4n) is 1.16. The fourth-order valence-corrected chi connectivity index (χ4v) is 1.84. The van der Waals surface area contributed by atoms with Crippen molar-refractivity contribution in [3.05, 3.63) is 34.9 Å². The molecule has 4 heteroatoms. The van der Waals surface area contributed by atoms with Gasteiger partial charge >= 0.3 is 0 Å². The molecule has 1 rings (SSSR count). The Morgan fingerprint density at radius 2 is 2.07 bits per heavy atom. The molecule has 0 saturated carbocycles. The highest BCUT2D eigenvalue weighted by Crippen LogP contribution is 2.14. The summed E-state index contributed by atoms with van der Waals surface area (Å²) >= 11 is 0. The molecular formula is C10H8N2OS. The molecule has 0 amide bonds. The van der Waals surface area contributed by atoms with Crippen LogP contribution in [0.1, 0.15) is 16.7 Å². The third-order valence-electron chi connectivity index (χ3n) is 1.74. The predicted molar refractivity (Wildman–Crippen MR) is 53.6 cm³/mol. The average Bonchev–Trinajstić information content (AvgIpc) is 2.16. The summed E-state index contributed by atoms with van der Waals surface area (Å²) in [5.41, 5.74) is 1.35. The van der Waals surface area contributed by atoms with Crippen molar-refractivity contribution in [1.29, 1.82) is 10.5 Å². The molecule has 0 radical (unpaired) electrons. The molecular weight excluding hydrogens is 196 g/mol. The summed E-state index contributed by atoms with van der Waals surface area (Å²) < 4.78 is 11.0. The maximum absolute atomic E-state index is 11.0. The Morgan fingerprint density at radius 3 is 2.57 bits per heavy atom. The van der Waals surface area contributed by atoms with Crippen molar-refractivity contribution < 1.29 is 4.21 Å². The summed E-state index contributed by atoms with van der Waals surface area (Å²) in [6.45, 7) is 0. The van der Waals surface area contributed by atoms with E-state index in [2.05, 4.69) is 0 Å². The summed E-state index contributed by atoms with van der Waals surface area (Å²) in [6, 6.07) is 8.91. The summed E-state index contributed by atoms with van der Waals surface area (Å²) in [4.78, 5) is 0. The second-order valence-corrected chi connectivity index (χ2v) is 4.22. The Bertz CT molecular complexity index is 454. The summed E-state index contributed by atoms with van der Waals surface area (Å²) in [6.07, 6.45) is 1.57. The SMILES string of the molecule is CS(=O)Cc1cccc(C#N)c1C#N. The van der Waals surface area contributed by atoms with Crippen molar-refractivity contribution >= 4 is 10.8 Å². The summed E-state index contributed by atoms with van der Waals surface area (Å²) in [5.74, 6) is 0.318. The zero-order chi connectivity index (χ0) is 10.6. The number of hydrogen-bond acceptors (Lipinski definition) is 3. The molecule has 0 N–H and O–H groups in total. The average molecular weight is 204 g/mol. The first-order valence-corrected chi connectivity index (χ1v) is 5.64. The van der Waals surface area contributed by atoms with E-state index in [-0.39, 0.29) is 0 Å². The quantitative estimate of drug-likeness (QED) is 0.729. The minimum Gasteiger partial charge on any atom is -0.260 e. The predicted octanol–water partition coefficient (Wildman–Crippen LogP) is 1.31. The molecule has 14 heavy (non-hydrogen) atoms. The summed E-state index contributed by atoms with van der Waals surface area (Å²) in [7, 11) is -0.999. The van der Waals surface area contributed by atoms with Gasteiger partial charge in [0.2, 0.25) is 0 Å². The van der Waals surface area contributed by atoms with Crippen LogP contribution < -0.4 is 0 Å². The molecule has 70 valence electrons. The van der Waals surface area contributed by atoms with E-state index in [1.54, 1.807) is 24.5 Å². The van der Waals surface area contributed by atoms with Gasteiger partial charge in [-0.2, -0.15) is 10.5 Å². The third-order valence-corrected chi connectivity index (χ3v) is 2.46. The second-order valence-electron chi connectivity index (χ2n) is 2.78. The lowest BCUT2D eigenvalue weighted by Crippen LogP contribution is -1.97. The van der Waals surface area contributed by atoms with Crippen molar-refractivity contribution in [2.75, 3.05) is 6.26 Å². The summed E-state index contributed by atoms with van der Waals surface area (Å²) in [5, 5.41) is 17.6. The van der Waals surface area contributed by atoms with E-state index in [0.717, 1.165) is 0 Å². The number of hydrogen-bond donors (Lipinski definition) is 0. The van der Waals surface area contributed by atoms with Crippen molar-refractivity contribution in [3.63, 3.8) is 0 Å². The minimum atomic E-state index is -0.999. The van der Waals surface area contributed by atoms with Gasteiger partial charge in [0.25, 0.3) is 0 Å².